The van der Waals surface area contributed by atoms with E-state index in [9.17, 15) is 31.2 Å². The number of esters is 1. The Bertz CT molecular complexity index is 1500. The van der Waals surface area contributed by atoms with E-state index in [1.165, 1.54) is 17.0 Å². The van der Waals surface area contributed by atoms with E-state index in [1.54, 1.807) is 55.5 Å². The van der Waals surface area contributed by atoms with Gasteiger partial charge in [0.2, 0.25) is 0 Å². The molecule has 0 spiro atoms. The summed E-state index contributed by atoms with van der Waals surface area (Å²) in [7, 11) is -5.53. The van der Waals surface area contributed by atoms with Gasteiger partial charge in [0, 0.05) is 16.5 Å². The Kier molecular flexibility index (Phi) is 9.32. The zero-order valence-corrected chi connectivity index (χ0v) is 23.8. The zero-order valence-electron chi connectivity index (χ0n) is 21.5. The smallest absolute Gasteiger partial charge is 0.465 e. The quantitative estimate of drug-likeness (QED) is 0.280. The molecule has 3 aromatic carbocycles. The second kappa shape index (κ2) is 12.4. The lowest BCUT2D eigenvalue weighted by atomic mass is 9.90. The first kappa shape index (κ1) is 30.8. The lowest BCUT2D eigenvalue weighted by Crippen LogP contribution is -2.53. The minimum atomic E-state index is -5.53. The van der Waals surface area contributed by atoms with Crippen LogP contribution in [0.2, 0.25) is 10.0 Å². The number of sulfone groups is 1. The first-order chi connectivity index (χ1) is 19.3. The topological polar surface area (TPSA) is 90.0 Å². The molecular weight excluding hydrogens is 606 g/mol. The summed E-state index contributed by atoms with van der Waals surface area (Å²) in [5, 5.41) is 0.933. The van der Waals surface area contributed by atoms with Crippen molar-refractivity contribution in [3.8, 4) is 0 Å². The molecule has 0 aromatic heterocycles. The van der Waals surface area contributed by atoms with Gasteiger partial charge in [-0.25, -0.2) is 8.42 Å². The molecule has 0 bridgehead atoms. The van der Waals surface area contributed by atoms with Gasteiger partial charge in [0.25, 0.3) is 15.7 Å². The van der Waals surface area contributed by atoms with Crippen molar-refractivity contribution in [3.05, 3.63) is 99.5 Å². The van der Waals surface area contributed by atoms with Crippen molar-refractivity contribution in [1.82, 2.24) is 4.90 Å². The second-order valence-corrected chi connectivity index (χ2v) is 12.0. The van der Waals surface area contributed by atoms with Crippen LogP contribution in [0.4, 0.5) is 13.2 Å². The zero-order chi connectivity index (χ0) is 29.9. The molecule has 1 amide bonds. The summed E-state index contributed by atoms with van der Waals surface area (Å²) in [6.07, 6.45) is -2.07. The number of halogens is 5. The molecule has 1 saturated heterocycles. The van der Waals surface area contributed by atoms with Crippen LogP contribution in [0.25, 0.3) is 0 Å². The highest BCUT2D eigenvalue weighted by Gasteiger charge is 2.47. The molecule has 1 aliphatic rings. The van der Waals surface area contributed by atoms with Crippen LogP contribution < -0.4 is 0 Å². The molecule has 0 N–H and O–H groups in total. The monoisotopic (exact) mass is 629 g/mol. The van der Waals surface area contributed by atoms with Gasteiger partial charge in [-0.2, -0.15) is 13.2 Å². The van der Waals surface area contributed by atoms with Crippen LogP contribution in [-0.2, 0) is 35.3 Å². The molecule has 13 heteroatoms. The average Bonchev–Trinajstić information content (AvgIpc) is 2.92. The molecular formula is C28H24Cl2F3NO6S. The summed E-state index contributed by atoms with van der Waals surface area (Å²) in [6.45, 7) is 1.34. The van der Waals surface area contributed by atoms with Crippen molar-refractivity contribution in [2.24, 2.45) is 0 Å². The lowest BCUT2D eigenvalue weighted by molar-refractivity contribution is -0.178. The highest BCUT2D eigenvalue weighted by atomic mass is 35.5. The number of nitrogens with zero attached hydrogens (tertiary/aromatic N) is 1. The maximum Gasteiger partial charge on any atom is 0.501 e. The van der Waals surface area contributed by atoms with E-state index in [0.717, 1.165) is 12.1 Å². The van der Waals surface area contributed by atoms with Crippen LogP contribution in [0.1, 0.15) is 35.8 Å². The van der Waals surface area contributed by atoms with Crippen molar-refractivity contribution in [2.75, 3.05) is 13.2 Å². The molecule has 1 fully saturated rings. The van der Waals surface area contributed by atoms with Crippen LogP contribution in [-0.4, -0.2) is 50.0 Å². The molecule has 3 atom stereocenters. The van der Waals surface area contributed by atoms with Gasteiger partial charge in [-0.1, -0.05) is 59.6 Å². The molecule has 0 aliphatic carbocycles. The Morgan fingerprint density at radius 2 is 1.46 bits per heavy atom. The fraction of sp³-hybridized carbons (Fsp3) is 0.286. The number of carbonyl (C=O) groups excluding carboxylic acids is 2. The normalized spacial score (nSPS) is 19.7. The highest BCUT2D eigenvalue weighted by Crippen LogP contribution is 2.43. The van der Waals surface area contributed by atoms with E-state index in [4.69, 9.17) is 32.7 Å². The summed E-state index contributed by atoms with van der Waals surface area (Å²) in [6, 6.07) is 16.7. The van der Waals surface area contributed by atoms with Gasteiger partial charge >= 0.3 is 11.5 Å². The molecule has 41 heavy (non-hydrogen) atoms. The number of rotatable bonds is 8. The van der Waals surface area contributed by atoms with Gasteiger partial charge < -0.3 is 14.4 Å². The van der Waals surface area contributed by atoms with E-state index in [0.29, 0.717) is 26.7 Å². The molecule has 1 heterocycles. The molecule has 7 nitrogen and oxygen atoms in total. The summed E-state index contributed by atoms with van der Waals surface area (Å²) in [5.41, 5.74) is -3.83. The minimum Gasteiger partial charge on any atom is -0.465 e. The first-order valence-electron chi connectivity index (χ1n) is 12.3. The average molecular weight is 630 g/mol. The molecule has 0 radical (unpaired) electrons. The maximum absolute atomic E-state index is 13.8. The summed E-state index contributed by atoms with van der Waals surface area (Å²) in [4.78, 5) is 26.8. The minimum absolute atomic E-state index is 0.0974. The molecule has 3 aromatic rings. The van der Waals surface area contributed by atoms with Crippen LogP contribution in [0.3, 0.4) is 0 Å². The second-order valence-electron chi connectivity index (χ2n) is 9.16. The van der Waals surface area contributed by atoms with Crippen molar-refractivity contribution < 1.29 is 40.7 Å². The van der Waals surface area contributed by atoms with Gasteiger partial charge in [0.05, 0.1) is 17.5 Å². The van der Waals surface area contributed by atoms with Crippen LogP contribution in [0, 0.1) is 0 Å². The van der Waals surface area contributed by atoms with E-state index in [1.807, 2.05) is 0 Å². The van der Waals surface area contributed by atoms with E-state index in [2.05, 4.69) is 0 Å². The summed E-state index contributed by atoms with van der Waals surface area (Å²) in [5.74, 6) is -1.20. The number of alkyl halides is 3. The van der Waals surface area contributed by atoms with Gasteiger partial charge in [0.15, 0.2) is 0 Å². The molecule has 218 valence electrons. The summed E-state index contributed by atoms with van der Waals surface area (Å²) >= 11 is 12.2. The van der Waals surface area contributed by atoms with E-state index in [-0.39, 0.29) is 13.0 Å². The predicted molar refractivity (Wildman–Crippen MR) is 145 cm³/mol. The Hall–Kier alpha value is -3.12. The van der Waals surface area contributed by atoms with Crippen molar-refractivity contribution in [3.63, 3.8) is 0 Å². The Balaban J connectivity index is 1.73. The number of morpholine rings is 1. The predicted octanol–water partition coefficient (Wildman–Crippen LogP) is 6.10. The Morgan fingerprint density at radius 1 is 0.927 bits per heavy atom. The highest BCUT2D eigenvalue weighted by molar-refractivity contribution is 7.92. The maximum atomic E-state index is 13.8. The van der Waals surface area contributed by atoms with Crippen LogP contribution in [0.15, 0.2) is 77.7 Å². The third-order valence-corrected chi connectivity index (χ3v) is 8.47. The van der Waals surface area contributed by atoms with Gasteiger partial charge in [-0.15, -0.1) is 0 Å². The molecule has 4 rings (SSSR count). The summed E-state index contributed by atoms with van der Waals surface area (Å²) < 4.78 is 73.8. The molecule has 2 unspecified atom stereocenters. The fourth-order valence-electron chi connectivity index (χ4n) is 4.53. The van der Waals surface area contributed by atoms with Crippen LogP contribution in [0.5, 0.6) is 0 Å². The number of hydrogen-bond acceptors (Lipinski definition) is 6. The van der Waals surface area contributed by atoms with Gasteiger partial charge in [0.1, 0.15) is 18.8 Å². The first-order valence-corrected chi connectivity index (χ1v) is 14.6. The Labute approximate surface area is 244 Å². The van der Waals surface area contributed by atoms with Gasteiger partial charge in [-0.05, 0) is 60.0 Å². The SMILES string of the molecule is CCOC(=O)CN1C(=O)[C@H](Cc2ccc(S(=O)(=O)C(F)(F)F)cc2)OC(c2ccc(Cl)cc2)C1c1ccc(Cl)cc1. The van der Waals surface area contributed by atoms with Gasteiger partial charge in [-0.3, -0.25) is 9.59 Å². The van der Waals surface area contributed by atoms with Crippen LogP contribution >= 0.6 is 23.2 Å². The standard InChI is InChI=1S/C28H24Cl2F3NO6S/c1-2-39-24(35)16-34-25(18-5-9-20(29)10-6-18)26(19-7-11-21(30)12-8-19)40-23(27(34)36)15-17-3-13-22(14-4-17)41(37,38)28(31,32)33/h3-14,23,25-26H,2,15-16H2,1H3/t23-,25?,26?/m0/s1. The van der Waals surface area contributed by atoms with Crippen molar-refractivity contribution >= 4 is 44.9 Å². The molecule has 0 saturated carbocycles. The number of benzene rings is 3. The number of carbonyl (C=O) groups is 2. The van der Waals surface area contributed by atoms with Crippen molar-refractivity contribution in [1.29, 1.82) is 0 Å². The fourth-order valence-corrected chi connectivity index (χ4v) is 5.55. The number of hydrogen-bond donors (Lipinski definition) is 0. The third-order valence-electron chi connectivity index (χ3n) is 6.47. The van der Waals surface area contributed by atoms with E-state index >= 15 is 0 Å². The Morgan fingerprint density at radius 3 is 1.98 bits per heavy atom. The number of amides is 1. The van der Waals surface area contributed by atoms with E-state index < -0.39 is 56.9 Å². The van der Waals surface area contributed by atoms with Crippen molar-refractivity contribution in [2.45, 2.75) is 42.0 Å². The third kappa shape index (κ3) is 6.86. The largest absolute Gasteiger partial charge is 0.501 e. The lowest BCUT2D eigenvalue weighted by Gasteiger charge is -2.44. The molecule has 1 aliphatic heterocycles. The number of ether oxygens (including phenoxy) is 2.